The van der Waals surface area contributed by atoms with E-state index >= 15 is 0 Å². The Labute approximate surface area is 196 Å². The largest absolute Gasteiger partial charge is 0.493 e. The number of pyridine rings is 3. The second-order valence-corrected chi connectivity index (χ2v) is 8.71. The molecular formula is C25H20BrN3O4. The van der Waals surface area contributed by atoms with Gasteiger partial charge in [0.2, 0.25) is 0 Å². The van der Waals surface area contributed by atoms with E-state index in [4.69, 9.17) is 9.84 Å². The SMILES string of the molecule is O=c1c(Cc2cccnc2)cn2c3ccc(Br)cc3c(=NO)c3cc(OCCCO)cc1c32. The van der Waals surface area contributed by atoms with Gasteiger partial charge in [0.25, 0.3) is 0 Å². The molecule has 0 amide bonds. The summed E-state index contributed by atoms with van der Waals surface area (Å²) in [6, 6.07) is 13.0. The molecule has 0 saturated heterocycles. The zero-order valence-electron chi connectivity index (χ0n) is 17.5. The highest BCUT2D eigenvalue weighted by Gasteiger charge is 2.17. The number of fused-ring (bicyclic) bond motifs is 2. The molecule has 0 spiro atoms. The maximum Gasteiger partial charge on any atom is 0.193 e. The van der Waals surface area contributed by atoms with Crippen LogP contribution in [-0.2, 0) is 6.42 Å². The van der Waals surface area contributed by atoms with E-state index in [0.29, 0.717) is 52.4 Å². The van der Waals surface area contributed by atoms with E-state index in [1.165, 1.54) is 0 Å². The van der Waals surface area contributed by atoms with Crippen LogP contribution < -0.4 is 15.5 Å². The molecule has 5 rings (SSSR count). The summed E-state index contributed by atoms with van der Waals surface area (Å²) in [7, 11) is 0. The molecule has 2 aromatic carbocycles. The summed E-state index contributed by atoms with van der Waals surface area (Å²) < 4.78 is 8.63. The predicted octanol–water partition coefficient (Wildman–Crippen LogP) is 3.84. The Bertz CT molecular complexity index is 1600. The number of rotatable bonds is 6. The minimum Gasteiger partial charge on any atom is -0.493 e. The van der Waals surface area contributed by atoms with Gasteiger partial charge in [-0.25, -0.2) is 0 Å². The van der Waals surface area contributed by atoms with Crippen LogP contribution >= 0.6 is 15.9 Å². The van der Waals surface area contributed by atoms with Gasteiger partial charge in [-0.1, -0.05) is 27.2 Å². The zero-order valence-corrected chi connectivity index (χ0v) is 19.1. The van der Waals surface area contributed by atoms with E-state index in [9.17, 15) is 10.0 Å². The second-order valence-electron chi connectivity index (χ2n) is 7.79. The van der Waals surface area contributed by atoms with Crippen molar-refractivity contribution in [1.82, 2.24) is 9.38 Å². The summed E-state index contributed by atoms with van der Waals surface area (Å²) in [5.41, 5.74) is 2.91. The fourth-order valence-electron chi connectivity index (χ4n) is 4.21. The first-order valence-corrected chi connectivity index (χ1v) is 11.3. The predicted molar refractivity (Wildman–Crippen MR) is 129 cm³/mol. The van der Waals surface area contributed by atoms with E-state index in [1.807, 2.05) is 40.9 Å². The standard InChI is InChI=1S/C25H20BrN3O4/c26-17-4-5-22-19(10-17)23(28-32)20-11-18(33-8-2-7-30)12-21-24(20)29(22)14-16(25(21)31)9-15-3-1-6-27-13-15/h1,3-6,10-14,30,32H,2,7-9H2. The van der Waals surface area contributed by atoms with Gasteiger partial charge < -0.3 is 19.5 Å². The van der Waals surface area contributed by atoms with Gasteiger partial charge in [-0.15, -0.1) is 0 Å². The van der Waals surface area contributed by atoms with Crippen LogP contribution in [0.1, 0.15) is 17.5 Å². The molecule has 0 bridgehead atoms. The minimum absolute atomic E-state index is 0.00720. The molecule has 0 radical (unpaired) electrons. The van der Waals surface area contributed by atoms with Gasteiger partial charge in [0.05, 0.1) is 23.0 Å². The van der Waals surface area contributed by atoms with Crippen molar-refractivity contribution in [2.75, 3.05) is 13.2 Å². The van der Waals surface area contributed by atoms with E-state index in [-0.39, 0.29) is 12.0 Å². The van der Waals surface area contributed by atoms with E-state index in [2.05, 4.69) is 26.1 Å². The molecule has 0 aliphatic rings. The highest BCUT2D eigenvalue weighted by atomic mass is 79.9. The van der Waals surface area contributed by atoms with Crippen LogP contribution in [0.15, 0.2) is 75.5 Å². The van der Waals surface area contributed by atoms with E-state index in [0.717, 1.165) is 20.9 Å². The van der Waals surface area contributed by atoms with Crippen LogP contribution in [0.3, 0.4) is 0 Å². The first-order valence-electron chi connectivity index (χ1n) is 10.5. The van der Waals surface area contributed by atoms with Gasteiger partial charge in [0.1, 0.15) is 11.1 Å². The molecule has 3 aromatic heterocycles. The van der Waals surface area contributed by atoms with Crippen molar-refractivity contribution in [2.24, 2.45) is 5.16 Å². The number of hydrogen-bond acceptors (Lipinski definition) is 6. The van der Waals surface area contributed by atoms with Crippen molar-refractivity contribution in [1.29, 1.82) is 0 Å². The lowest BCUT2D eigenvalue weighted by atomic mass is 10.0. The third-order valence-corrected chi connectivity index (χ3v) is 6.16. The molecule has 0 unspecified atom stereocenters. The number of ether oxygens (including phenoxy) is 1. The molecule has 33 heavy (non-hydrogen) atoms. The lowest BCUT2D eigenvalue weighted by Gasteiger charge is -2.16. The van der Waals surface area contributed by atoms with Gasteiger partial charge in [0, 0.05) is 58.8 Å². The summed E-state index contributed by atoms with van der Waals surface area (Å²) >= 11 is 3.50. The van der Waals surface area contributed by atoms with Crippen molar-refractivity contribution < 1.29 is 15.1 Å². The first kappa shape index (κ1) is 21.4. The summed E-state index contributed by atoms with van der Waals surface area (Å²) in [5.74, 6) is 0.479. The third-order valence-electron chi connectivity index (χ3n) is 5.66. The number of halogens is 1. The number of aliphatic hydroxyl groups is 1. The Morgan fingerprint density at radius 1 is 1.12 bits per heavy atom. The maximum atomic E-state index is 13.6. The first-order chi connectivity index (χ1) is 16.1. The van der Waals surface area contributed by atoms with Crippen LogP contribution in [0.4, 0.5) is 0 Å². The van der Waals surface area contributed by atoms with Crippen LogP contribution in [0.25, 0.3) is 27.2 Å². The quantitative estimate of drug-likeness (QED) is 0.120. The summed E-state index contributed by atoms with van der Waals surface area (Å²) in [4.78, 5) is 17.7. The van der Waals surface area contributed by atoms with Crippen LogP contribution in [0.5, 0.6) is 5.75 Å². The molecule has 8 heteroatoms. The van der Waals surface area contributed by atoms with Crippen LogP contribution in [0.2, 0.25) is 0 Å². The van der Waals surface area contributed by atoms with Crippen LogP contribution in [-0.4, -0.2) is 32.9 Å². The minimum atomic E-state index is -0.114. The molecule has 2 N–H and O–H groups in total. The van der Waals surface area contributed by atoms with Crippen LogP contribution in [0, 0.1) is 0 Å². The molecular weight excluding hydrogens is 486 g/mol. The average molecular weight is 506 g/mol. The molecule has 3 heterocycles. The number of hydrogen-bond donors (Lipinski definition) is 2. The highest BCUT2D eigenvalue weighted by molar-refractivity contribution is 9.10. The number of aliphatic hydroxyl groups excluding tert-OH is 1. The second kappa shape index (κ2) is 8.80. The lowest BCUT2D eigenvalue weighted by molar-refractivity contribution is 0.234. The topological polar surface area (TPSA) is 96.4 Å². The zero-order chi connectivity index (χ0) is 22.9. The van der Waals surface area contributed by atoms with Crippen molar-refractivity contribution >= 4 is 43.1 Å². The van der Waals surface area contributed by atoms with Crippen molar-refractivity contribution in [3.63, 3.8) is 0 Å². The molecule has 0 aliphatic carbocycles. The molecule has 5 aromatic rings. The molecule has 0 fully saturated rings. The molecule has 0 atom stereocenters. The number of benzene rings is 2. The molecule has 7 nitrogen and oxygen atoms in total. The van der Waals surface area contributed by atoms with Gasteiger partial charge >= 0.3 is 0 Å². The van der Waals surface area contributed by atoms with E-state index < -0.39 is 0 Å². The normalized spacial score (nSPS) is 12.2. The summed E-state index contributed by atoms with van der Waals surface area (Å²) in [6.07, 6.45) is 6.21. The Kier molecular flexibility index (Phi) is 5.70. The summed E-state index contributed by atoms with van der Waals surface area (Å²) in [5, 5.41) is 24.8. The fourth-order valence-corrected chi connectivity index (χ4v) is 4.57. The smallest absolute Gasteiger partial charge is 0.193 e. The van der Waals surface area contributed by atoms with Crippen molar-refractivity contribution in [3.05, 3.63) is 92.2 Å². The van der Waals surface area contributed by atoms with Crippen molar-refractivity contribution in [3.8, 4) is 5.75 Å². The maximum absolute atomic E-state index is 13.6. The van der Waals surface area contributed by atoms with Gasteiger partial charge in [-0.3, -0.25) is 9.78 Å². The molecule has 0 aliphatic heterocycles. The monoisotopic (exact) mass is 505 g/mol. The molecule has 166 valence electrons. The number of aromatic nitrogens is 2. The van der Waals surface area contributed by atoms with Crippen molar-refractivity contribution in [2.45, 2.75) is 12.8 Å². The number of nitrogens with zero attached hydrogens (tertiary/aromatic N) is 3. The lowest BCUT2D eigenvalue weighted by Crippen LogP contribution is -2.18. The highest BCUT2D eigenvalue weighted by Crippen LogP contribution is 2.29. The van der Waals surface area contributed by atoms with Gasteiger partial charge in [-0.2, -0.15) is 0 Å². The fraction of sp³-hybridized carbons (Fsp3) is 0.160. The molecule has 0 saturated carbocycles. The third kappa shape index (κ3) is 3.81. The Hall–Kier alpha value is -3.49. The van der Waals surface area contributed by atoms with Gasteiger partial charge in [-0.05, 0) is 42.0 Å². The van der Waals surface area contributed by atoms with E-state index in [1.54, 1.807) is 24.5 Å². The Balaban J connectivity index is 1.89. The Morgan fingerprint density at radius 3 is 2.73 bits per heavy atom. The van der Waals surface area contributed by atoms with Gasteiger partial charge in [0.15, 0.2) is 5.43 Å². The summed E-state index contributed by atoms with van der Waals surface area (Å²) in [6.45, 7) is 0.312. The average Bonchev–Trinajstić information content (AvgIpc) is 2.82. The Morgan fingerprint density at radius 2 is 1.97 bits per heavy atom.